The molecular formula is C14H18N2O7. The van der Waals surface area contributed by atoms with Gasteiger partial charge in [-0.1, -0.05) is 0 Å². The fourth-order valence-electron chi connectivity index (χ4n) is 2.10. The molecule has 0 fully saturated rings. The van der Waals surface area contributed by atoms with Gasteiger partial charge in [0.2, 0.25) is 0 Å². The highest BCUT2D eigenvalue weighted by Crippen LogP contribution is 2.27. The van der Waals surface area contributed by atoms with E-state index in [4.69, 9.17) is 14.6 Å². The van der Waals surface area contributed by atoms with Gasteiger partial charge in [-0.2, -0.15) is 0 Å². The van der Waals surface area contributed by atoms with Crippen molar-refractivity contribution in [2.24, 2.45) is 0 Å². The van der Waals surface area contributed by atoms with Crippen LogP contribution in [0.25, 0.3) is 0 Å². The van der Waals surface area contributed by atoms with Crippen LogP contribution < -0.4 is 10.1 Å². The first-order chi connectivity index (χ1) is 10.7. The lowest BCUT2D eigenvalue weighted by Gasteiger charge is -2.28. The van der Waals surface area contributed by atoms with Gasteiger partial charge in [0.25, 0.3) is 5.91 Å². The van der Waals surface area contributed by atoms with E-state index in [-0.39, 0.29) is 30.0 Å². The van der Waals surface area contributed by atoms with Crippen LogP contribution in [-0.4, -0.2) is 48.3 Å². The van der Waals surface area contributed by atoms with Gasteiger partial charge in [0, 0.05) is 24.8 Å². The molecule has 0 aromatic heterocycles. The first-order valence-corrected chi connectivity index (χ1v) is 6.58. The zero-order valence-electron chi connectivity index (χ0n) is 13.0. The average Bonchev–Trinajstić information content (AvgIpc) is 2.45. The van der Waals surface area contributed by atoms with Crippen molar-refractivity contribution < 1.29 is 29.1 Å². The van der Waals surface area contributed by atoms with Gasteiger partial charge in [-0.15, -0.1) is 0 Å². The molecule has 9 heteroatoms. The summed E-state index contributed by atoms with van der Waals surface area (Å²) in [5, 5.41) is 22.3. The summed E-state index contributed by atoms with van der Waals surface area (Å²) in [5.41, 5.74) is -1.28. The molecule has 0 heterocycles. The standard InChI is InChI=1S/C14H18N2O7/c1-14(8-22-2,7-12(17)18)15-13(19)9-4-5-10(16(20)21)11(6-9)23-3/h4-6H,7-8H2,1-3H3,(H,15,19)(H,17,18). The number of carbonyl (C=O) groups is 2. The summed E-state index contributed by atoms with van der Waals surface area (Å²) >= 11 is 0. The molecule has 0 radical (unpaired) electrons. The number of amides is 1. The normalized spacial score (nSPS) is 13.0. The maximum Gasteiger partial charge on any atom is 0.310 e. The Hall–Kier alpha value is -2.68. The molecule has 1 aromatic rings. The monoisotopic (exact) mass is 326 g/mol. The summed E-state index contributed by atoms with van der Waals surface area (Å²) in [6.45, 7) is 1.53. The molecule has 0 bridgehead atoms. The molecule has 126 valence electrons. The van der Waals surface area contributed by atoms with E-state index >= 15 is 0 Å². The Labute approximate surface area is 132 Å². The predicted octanol–water partition coefficient (Wildman–Crippen LogP) is 1.21. The Morgan fingerprint density at radius 3 is 2.52 bits per heavy atom. The van der Waals surface area contributed by atoms with E-state index in [2.05, 4.69) is 5.32 Å². The number of nitrogens with zero attached hydrogens (tertiary/aromatic N) is 1. The minimum atomic E-state index is -1.12. The summed E-state index contributed by atoms with van der Waals surface area (Å²) in [5.74, 6) is -1.74. The third-order valence-electron chi connectivity index (χ3n) is 3.06. The van der Waals surface area contributed by atoms with Crippen molar-refractivity contribution in [1.29, 1.82) is 0 Å². The van der Waals surface area contributed by atoms with Crippen molar-refractivity contribution in [3.05, 3.63) is 33.9 Å². The van der Waals surface area contributed by atoms with Crippen LogP contribution >= 0.6 is 0 Å². The second kappa shape index (κ2) is 7.54. The van der Waals surface area contributed by atoms with Gasteiger partial charge in [-0.3, -0.25) is 19.7 Å². The zero-order valence-corrected chi connectivity index (χ0v) is 13.0. The van der Waals surface area contributed by atoms with E-state index in [0.29, 0.717) is 0 Å². The van der Waals surface area contributed by atoms with E-state index in [9.17, 15) is 19.7 Å². The van der Waals surface area contributed by atoms with Crippen LogP contribution in [0.1, 0.15) is 23.7 Å². The van der Waals surface area contributed by atoms with Gasteiger partial charge in [0.1, 0.15) is 0 Å². The fraction of sp³-hybridized carbons (Fsp3) is 0.429. The predicted molar refractivity (Wildman–Crippen MR) is 79.6 cm³/mol. The number of aliphatic carboxylic acids is 1. The SMILES string of the molecule is COCC(C)(CC(=O)O)NC(=O)c1ccc([N+](=O)[O-])c(OC)c1. The Kier molecular flexibility index (Phi) is 6.02. The number of nitro benzene ring substituents is 1. The quantitative estimate of drug-likeness (QED) is 0.543. The summed E-state index contributed by atoms with van der Waals surface area (Å²) in [6, 6.07) is 3.64. The lowest BCUT2D eigenvalue weighted by molar-refractivity contribution is -0.385. The number of ether oxygens (including phenoxy) is 2. The van der Waals surface area contributed by atoms with E-state index in [1.165, 1.54) is 33.3 Å². The second-order valence-corrected chi connectivity index (χ2v) is 5.16. The maximum absolute atomic E-state index is 12.3. The van der Waals surface area contributed by atoms with E-state index in [1.807, 2.05) is 0 Å². The molecule has 0 aliphatic rings. The minimum Gasteiger partial charge on any atom is -0.490 e. The number of hydrogen-bond acceptors (Lipinski definition) is 6. The van der Waals surface area contributed by atoms with Crippen LogP contribution in [0.4, 0.5) is 5.69 Å². The number of benzene rings is 1. The van der Waals surface area contributed by atoms with Crippen molar-refractivity contribution >= 4 is 17.6 Å². The third-order valence-corrected chi connectivity index (χ3v) is 3.06. The largest absolute Gasteiger partial charge is 0.490 e. The summed E-state index contributed by atoms with van der Waals surface area (Å²) < 4.78 is 9.85. The molecule has 0 spiro atoms. The van der Waals surface area contributed by atoms with Crippen molar-refractivity contribution in [3.63, 3.8) is 0 Å². The first-order valence-electron chi connectivity index (χ1n) is 6.58. The number of methoxy groups -OCH3 is 2. The number of nitro groups is 1. The molecule has 1 rings (SSSR count). The van der Waals surface area contributed by atoms with Crippen LogP contribution in [-0.2, 0) is 9.53 Å². The fourth-order valence-corrected chi connectivity index (χ4v) is 2.10. The van der Waals surface area contributed by atoms with Gasteiger partial charge in [-0.25, -0.2) is 0 Å². The number of carboxylic acid groups (broad SMARTS) is 1. The van der Waals surface area contributed by atoms with Crippen molar-refractivity contribution in [3.8, 4) is 5.75 Å². The lowest BCUT2D eigenvalue weighted by Crippen LogP contribution is -2.50. The smallest absolute Gasteiger partial charge is 0.310 e. The van der Waals surface area contributed by atoms with E-state index in [1.54, 1.807) is 0 Å². The molecule has 23 heavy (non-hydrogen) atoms. The minimum absolute atomic E-state index is 0.00481. The molecule has 0 saturated heterocycles. The number of carboxylic acids is 1. The number of carbonyl (C=O) groups excluding carboxylic acids is 1. The summed E-state index contributed by atoms with van der Waals surface area (Å²) in [4.78, 5) is 33.4. The van der Waals surface area contributed by atoms with Gasteiger partial charge in [0.05, 0.1) is 30.6 Å². The number of rotatable bonds is 8. The van der Waals surface area contributed by atoms with Crippen LogP contribution in [0.3, 0.4) is 0 Å². The Morgan fingerprint density at radius 1 is 1.39 bits per heavy atom. The molecule has 2 N–H and O–H groups in total. The molecule has 1 unspecified atom stereocenters. The van der Waals surface area contributed by atoms with Crippen molar-refractivity contribution in [1.82, 2.24) is 5.32 Å². The lowest BCUT2D eigenvalue weighted by atomic mass is 9.98. The van der Waals surface area contributed by atoms with Gasteiger partial charge in [-0.05, 0) is 13.0 Å². The van der Waals surface area contributed by atoms with Crippen LogP contribution in [0.5, 0.6) is 5.75 Å². The molecule has 9 nitrogen and oxygen atoms in total. The van der Waals surface area contributed by atoms with Crippen LogP contribution in [0.2, 0.25) is 0 Å². The number of hydrogen-bond donors (Lipinski definition) is 2. The third kappa shape index (κ3) is 4.92. The van der Waals surface area contributed by atoms with Gasteiger partial charge >= 0.3 is 11.7 Å². The topological polar surface area (TPSA) is 128 Å². The average molecular weight is 326 g/mol. The molecule has 1 aromatic carbocycles. The molecule has 0 aliphatic heterocycles. The maximum atomic E-state index is 12.3. The van der Waals surface area contributed by atoms with Gasteiger partial charge in [0.15, 0.2) is 5.75 Å². The van der Waals surface area contributed by atoms with Crippen molar-refractivity contribution in [2.45, 2.75) is 18.9 Å². The summed E-state index contributed by atoms with van der Waals surface area (Å²) in [6.07, 6.45) is -0.337. The molecule has 0 saturated carbocycles. The van der Waals surface area contributed by atoms with Gasteiger partial charge < -0.3 is 19.9 Å². The van der Waals surface area contributed by atoms with E-state index < -0.39 is 22.3 Å². The highest BCUT2D eigenvalue weighted by atomic mass is 16.6. The highest BCUT2D eigenvalue weighted by Gasteiger charge is 2.30. The number of nitrogens with one attached hydrogen (secondary N) is 1. The molecule has 1 atom stereocenters. The van der Waals surface area contributed by atoms with Crippen LogP contribution in [0.15, 0.2) is 18.2 Å². The Balaban J connectivity index is 3.04. The molecule has 0 aliphatic carbocycles. The molecular weight excluding hydrogens is 308 g/mol. The Bertz CT molecular complexity index is 617. The second-order valence-electron chi connectivity index (χ2n) is 5.16. The Morgan fingerprint density at radius 2 is 2.04 bits per heavy atom. The summed E-state index contributed by atoms with van der Waals surface area (Å²) in [7, 11) is 2.64. The van der Waals surface area contributed by atoms with E-state index in [0.717, 1.165) is 6.07 Å². The molecule has 1 amide bonds. The highest BCUT2D eigenvalue weighted by molar-refractivity contribution is 5.95. The first kappa shape index (κ1) is 18.4. The van der Waals surface area contributed by atoms with Crippen molar-refractivity contribution in [2.75, 3.05) is 20.8 Å². The zero-order chi connectivity index (χ0) is 17.6. The van der Waals surface area contributed by atoms with Crippen LogP contribution in [0, 0.1) is 10.1 Å².